The third kappa shape index (κ3) is 5.27. The predicted molar refractivity (Wildman–Crippen MR) is 91.8 cm³/mol. The molecule has 1 rings (SSSR count). The summed E-state index contributed by atoms with van der Waals surface area (Å²) in [5, 5.41) is 2.72. The first-order valence-electron chi connectivity index (χ1n) is 7.60. The number of nitrogens with one attached hydrogen (secondary N) is 1. The molecule has 1 amide bonds. The number of sulfonamides is 1. The van der Waals surface area contributed by atoms with Crippen LogP contribution in [0.4, 0.5) is 0 Å². The maximum absolute atomic E-state index is 12.4. The third-order valence-corrected chi connectivity index (χ3v) is 5.55. The number of nitrogens with zero attached hydrogens (tertiary/aromatic N) is 1. The Morgan fingerprint density at radius 2 is 1.83 bits per heavy atom. The number of carbonyl (C=O) groups excluding carboxylic acids is 1. The lowest BCUT2D eigenvalue weighted by molar-refractivity contribution is 0.0692. The molecule has 0 spiro atoms. The minimum Gasteiger partial charge on any atom is -0.382 e. The highest BCUT2D eigenvalue weighted by atomic mass is 32.2. The monoisotopic (exact) mass is 358 g/mol. The second-order valence-corrected chi connectivity index (χ2v) is 7.69. The van der Waals surface area contributed by atoms with Gasteiger partial charge in [0.1, 0.15) is 0 Å². The van der Waals surface area contributed by atoms with E-state index in [-0.39, 0.29) is 10.8 Å². The average molecular weight is 358 g/mol. The zero-order valence-corrected chi connectivity index (χ0v) is 15.7. The van der Waals surface area contributed by atoms with Gasteiger partial charge >= 0.3 is 0 Å². The zero-order valence-electron chi connectivity index (χ0n) is 14.9. The molecule has 0 aromatic heterocycles. The molecule has 24 heavy (non-hydrogen) atoms. The van der Waals surface area contributed by atoms with Crippen LogP contribution in [0.1, 0.15) is 21.5 Å². The van der Waals surface area contributed by atoms with Crippen LogP contribution in [-0.2, 0) is 19.5 Å². The van der Waals surface area contributed by atoms with E-state index >= 15 is 0 Å². The Morgan fingerprint density at radius 3 is 2.42 bits per heavy atom. The van der Waals surface area contributed by atoms with Crippen molar-refractivity contribution in [2.75, 3.05) is 47.6 Å². The molecule has 1 aromatic rings. The lowest BCUT2D eigenvalue weighted by Crippen LogP contribution is -2.29. The summed E-state index contributed by atoms with van der Waals surface area (Å²) in [4.78, 5) is 12.4. The van der Waals surface area contributed by atoms with Crippen molar-refractivity contribution >= 4 is 15.9 Å². The number of hydrogen-bond donors (Lipinski definition) is 1. The van der Waals surface area contributed by atoms with Crippen LogP contribution in [-0.4, -0.2) is 66.2 Å². The first-order valence-corrected chi connectivity index (χ1v) is 9.04. The van der Waals surface area contributed by atoms with Gasteiger partial charge in [-0.15, -0.1) is 0 Å². The normalized spacial score (nSPS) is 11.8. The third-order valence-electron chi connectivity index (χ3n) is 3.60. The summed E-state index contributed by atoms with van der Waals surface area (Å²) in [7, 11) is 0.914. The fourth-order valence-electron chi connectivity index (χ4n) is 2.01. The van der Waals surface area contributed by atoms with Crippen LogP contribution in [0.2, 0.25) is 0 Å². The van der Waals surface area contributed by atoms with Gasteiger partial charge in [0.2, 0.25) is 10.0 Å². The van der Waals surface area contributed by atoms with Gasteiger partial charge in [0.05, 0.1) is 24.7 Å². The Morgan fingerprint density at radius 1 is 1.17 bits per heavy atom. The van der Waals surface area contributed by atoms with Crippen molar-refractivity contribution in [1.29, 1.82) is 0 Å². The quantitative estimate of drug-likeness (QED) is 0.664. The van der Waals surface area contributed by atoms with Crippen molar-refractivity contribution < 1.29 is 22.7 Å². The van der Waals surface area contributed by atoms with Crippen molar-refractivity contribution in [3.05, 3.63) is 28.8 Å². The standard InChI is InChI=1S/C16H26N2O5S/c1-12-10-14(16(19)17-6-7-23-9-8-22-5)11-15(13(12)2)24(20,21)18(3)4/h10-11H,6-9H2,1-5H3,(H,17,19). The van der Waals surface area contributed by atoms with Crippen LogP contribution in [0.15, 0.2) is 17.0 Å². The largest absolute Gasteiger partial charge is 0.382 e. The molecule has 0 saturated heterocycles. The highest BCUT2D eigenvalue weighted by Gasteiger charge is 2.22. The molecule has 0 atom stereocenters. The molecular weight excluding hydrogens is 332 g/mol. The number of benzene rings is 1. The van der Waals surface area contributed by atoms with E-state index in [2.05, 4.69) is 5.32 Å². The molecule has 0 unspecified atom stereocenters. The average Bonchev–Trinajstić information content (AvgIpc) is 2.52. The first-order chi connectivity index (χ1) is 11.2. The van der Waals surface area contributed by atoms with Gasteiger partial charge in [-0.2, -0.15) is 0 Å². The van der Waals surface area contributed by atoms with Crippen molar-refractivity contribution in [3.8, 4) is 0 Å². The van der Waals surface area contributed by atoms with Crippen molar-refractivity contribution in [2.45, 2.75) is 18.7 Å². The maximum atomic E-state index is 12.4. The van der Waals surface area contributed by atoms with E-state index in [1.807, 2.05) is 0 Å². The molecule has 0 aliphatic rings. The summed E-state index contributed by atoms with van der Waals surface area (Å²) < 4.78 is 36.1. The van der Waals surface area contributed by atoms with E-state index in [9.17, 15) is 13.2 Å². The van der Waals surface area contributed by atoms with Gasteiger partial charge < -0.3 is 14.8 Å². The Kier molecular flexibility index (Phi) is 7.82. The molecule has 8 heteroatoms. The molecule has 0 saturated carbocycles. The lowest BCUT2D eigenvalue weighted by Gasteiger charge is -2.16. The summed E-state index contributed by atoms with van der Waals surface area (Å²) in [5.41, 5.74) is 1.71. The number of aryl methyl sites for hydroxylation is 1. The lowest BCUT2D eigenvalue weighted by atomic mass is 10.1. The number of methoxy groups -OCH3 is 1. The second-order valence-electron chi connectivity index (χ2n) is 5.56. The Bertz CT molecular complexity index is 671. The van der Waals surface area contributed by atoms with Crippen molar-refractivity contribution in [3.63, 3.8) is 0 Å². The van der Waals surface area contributed by atoms with Gasteiger partial charge in [-0.05, 0) is 37.1 Å². The van der Waals surface area contributed by atoms with E-state index in [0.717, 1.165) is 9.87 Å². The summed E-state index contributed by atoms with van der Waals surface area (Å²) >= 11 is 0. The molecule has 1 N–H and O–H groups in total. The second kappa shape index (κ2) is 9.12. The summed E-state index contributed by atoms with van der Waals surface area (Å²) in [6, 6.07) is 3.10. The van der Waals surface area contributed by atoms with Gasteiger partial charge in [-0.3, -0.25) is 4.79 Å². The van der Waals surface area contributed by atoms with Crippen LogP contribution < -0.4 is 5.32 Å². The fourth-order valence-corrected chi connectivity index (χ4v) is 3.22. The van der Waals surface area contributed by atoms with E-state index in [1.165, 1.54) is 20.2 Å². The van der Waals surface area contributed by atoms with Gasteiger partial charge in [0, 0.05) is 33.3 Å². The van der Waals surface area contributed by atoms with Gasteiger partial charge in [0.25, 0.3) is 5.91 Å². The minimum atomic E-state index is -3.61. The predicted octanol–water partition coefficient (Wildman–Crippen LogP) is 0.947. The number of amides is 1. The van der Waals surface area contributed by atoms with E-state index in [4.69, 9.17) is 9.47 Å². The summed E-state index contributed by atoms with van der Waals surface area (Å²) in [5.74, 6) is -0.330. The van der Waals surface area contributed by atoms with Crippen molar-refractivity contribution in [1.82, 2.24) is 9.62 Å². The molecule has 7 nitrogen and oxygen atoms in total. The smallest absolute Gasteiger partial charge is 0.251 e. The van der Waals surface area contributed by atoms with E-state index < -0.39 is 10.0 Å². The molecular formula is C16H26N2O5S. The zero-order chi connectivity index (χ0) is 18.3. The van der Waals surface area contributed by atoms with Crippen LogP contribution in [0.5, 0.6) is 0 Å². The maximum Gasteiger partial charge on any atom is 0.251 e. The molecule has 0 fully saturated rings. The molecule has 0 aliphatic carbocycles. The first kappa shape index (κ1) is 20.6. The topological polar surface area (TPSA) is 84.9 Å². The number of rotatable bonds is 9. The molecule has 1 aromatic carbocycles. The molecule has 0 radical (unpaired) electrons. The Hall–Kier alpha value is -1.48. The minimum absolute atomic E-state index is 0.147. The van der Waals surface area contributed by atoms with Gasteiger partial charge in [0.15, 0.2) is 0 Å². The highest BCUT2D eigenvalue weighted by Crippen LogP contribution is 2.23. The fraction of sp³-hybridized carbons (Fsp3) is 0.562. The molecule has 0 bridgehead atoms. The van der Waals surface area contributed by atoms with E-state index in [0.29, 0.717) is 37.5 Å². The van der Waals surface area contributed by atoms with Crippen molar-refractivity contribution in [2.24, 2.45) is 0 Å². The Labute approximate surface area is 144 Å². The molecule has 0 aliphatic heterocycles. The van der Waals surface area contributed by atoms with Crippen LogP contribution in [0.3, 0.4) is 0 Å². The SMILES string of the molecule is COCCOCCNC(=O)c1cc(C)c(C)c(S(=O)(=O)N(C)C)c1. The van der Waals surface area contributed by atoms with Crippen LogP contribution in [0, 0.1) is 13.8 Å². The number of carbonyl (C=O) groups is 1. The number of hydrogen-bond acceptors (Lipinski definition) is 5. The Balaban J connectivity index is 2.86. The highest BCUT2D eigenvalue weighted by molar-refractivity contribution is 7.89. The number of ether oxygens (including phenoxy) is 2. The summed E-state index contributed by atoms with van der Waals surface area (Å²) in [6.45, 7) is 5.18. The van der Waals surface area contributed by atoms with Gasteiger partial charge in [-0.25, -0.2) is 12.7 Å². The van der Waals surface area contributed by atoms with Crippen LogP contribution >= 0.6 is 0 Å². The molecule has 136 valence electrons. The molecule has 0 heterocycles. The van der Waals surface area contributed by atoms with Gasteiger partial charge in [-0.1, -0.05) is 0 Å². The van der Waals surface area contributed by atoms with Crippen LogP contribution in [0.25, 0.3) is 0 Å². The summed E-state index contributed by atoms with van der Waals surface area (Å²) in [6.07, 6.45) is 0. The van der Waals surface area contributed by atoms with E-state index in [1.54, 1.807) is 27.0 Å².